The van der Waals surface area contributed by atoms with Crippen LogP contribution in [-0.2, 0) is 0 Å². The van der Waals surface area contributed by atoms with Gasteiger partial charge in [0.25, 0.3) is 0 Å². The second-order valence-corrected chi connectivity index (χ2v) is 6.79. The number of guanidine groups is 1. The second-order valence-electron chi connectivity index (χ2n) is 6.79. The third kappa shape index (κ3) is 2.47. The normalized spacial score (nSPS) is 32.3. The Kier molecular flexibility index (Phi) is 3.56. The first kappa shape index (κ1) is 14.2. The van der Waals surface area contributed by atoms with E-state index in [9.17, 15) is 0 Å². The van der Waals surface area contributed by atoms with Gasteiger partial charge < -0.3 is 15.4 Å². The van der Waals surface area contributed by atoms with Crippen molar-refractivity contribution in [1.29, 1.82) is 0 Å². The molecular weight excluding hydrogens is 262 g/mol. The van der Waals surface area contributed by atoms with E-state index >= 15 is 0 Å². The number of nitrogens with zero attached hydrogens (tertiary/aromatic N) is 2. The number of hydrogen-bond acceptors (Lipinski definition) is 4. The van der Waals surface area contributed by atoms with Crippen molar-refractivity contribution in [3.05, 3.63) is 24.3 Å². The number of benzene rings is 1. The van der Waals surface area contributed by atoms with Crippen LogP contribution in [0.4, 0.5) is 5.69 Å². The second kappa shape index (κ2) is 5.24. The molecule has 0 aromatic heterocycles. The summed E-state index contributed by atoms with van der Waals surface area (Å²) in [5.74, 6) is 2.96. The maximum absolute atomic E-state index is 6.22. The molecule has 2 atom stereocenters. The molecule has 0 radical (unpaired) electrons. The molecule has 1 spiro atoms. The summed E-state index contributed by atoms with van der Waals surface area (Å²) in [6, 6.07) is 8.14. The van der Waals surface area contributed by atoms with Crippen LogP contribution in [0.5, 0.6) is 5.75 Å². The smallest absolute Gasteiger partial charge is 0.196 e. The van der Waals surface area contributed by atoms with Crippen molar-refractivity contribution in [1.82, 2.24) is 0 Å². The lowest BCUT2D eigenvalue weighted by atomic mass is 9.71. The summed E-state index contributed by atoms with van der Waals surface area (Å²) in [7, 11) is 1.69. The standard InChI is InChI=1S/C17H25N3O/c1-12-8-13(2)10-17(9-12)11-19-16(18)20(17)14-4-6-15(21-3)7-5-14/h4-7,12-13H,8-11H2,1-3H3,(H2,18,19). The Morgan fingerprint density at radius 1 is 1.19 bits per heavy atom. The van der Waals surface area contributed by atoms with Gasteiger partial charge >= 0.3 is 0 Å². The summed E-state index contributed by atoms with van der Waals surface area (Å²) < 4.78 is 5.25. The monoisotopic (exact) mass is 287 g/mol. The third-order valence-electron chi connectivity index (χ3n) is 4.83. The van der Waals surface area contributed by atoms with E-state index in [1.165, 1.54) is 6.42 Å². The minimum absolute atomic E-state index is 0.0652. The number of methoxy groups -OCH3 is 1. The molecule has 114 valence electrons. The van der Waals surface area contributed by atoms with Crippen molar-refractivity contribution in [2.24, 2.45) is 22.6 Å². The Labute approximate surface area is 127 Å². The lowest BCUT2D eigenvalue weighted by Crippen LogP contribution is -2.55. The highest BCUT2D eigenvalue weighted by atomic mass is 16.5. The molecule has 1 saturated carbocycles. The number of anilines is 1. The van der Waals surface area contributed by atoms with Gasteiger partial charge in [-0.15, -0.1) is 0 Å². The fourth-order valence-corrected chi connectivity index (χ4v) is 4.30. The van der Waals surface area contributed by atoms with Crippen molar-refractivity contribution in [2.45, 2.75) is 38.6 Å². The molecule has 4 nitrogen and oxygen atoms in total. The van der Waals surface area contributed by atoms with Gasteiger partial charge in [-0.05, 0) is 55.4 Å². The van der Waals surface area contributed by atoms with Crippen molar-refractivity contribution >= 4 is 11.6 Å². The molecule has 2 N–H and O–H groups in total. The molecule has 1 fully saturated rings. The summed E-state index contributed by atoms with van der Waals surface area (Å²) in [4.78, 5) is 6.83. The number of hydrogen-bond donors (Lipinski definition) is 1. The molecular formula is C17H25N3O. The van der Waals surface area contributed by atoms with Crippen molar-refractivity contribution in [2.75, 3.05) is 18.6 Å². The van der Waals surface area contributed by atoms with E-state index in [4.69, 9.17) is 10.5 Å². The van der Waals surface area contributed by atoms with E-state index in [1.807, 2.05) is 12.1 Å². The summed E-state index contributed by atoms with van der Waals surface area (Å²) >= 11 is 0. The van der Waals surface area contributed by atoms with Crippen LogP contribution in [0.15, 0.2) is 29.3 Å². The molecule has 0 saturated heterocycles. The fourth-order valence-electron chi connectivity index (χ4n) is 4.30. The van der Waals surface area contributed by atoms with Crippen molar-refractivity contribution in [3.8, 4) is 5.75 Å². The maximum Gasteiger partial charge on any atom is 0.196 e. The molecule has 1 heterocycles. The first-order valence-corrected chi connectivity index (χ1v) is 7.78. The molecule has 1 aliphatic carbocycles. The Morgan fingerprint density at radius 3 is 2.38 bits per heavy atom. The summed E-state index contributed by atoms with van der Waals surface area (Å²) in [6.07, 6.45) is 3.62. The van der Waals surface area contributed by atoms with Crippen LogP contribution in [0.3, 0.4) is 0 Å². The predicted octanol–water partition coefficient (Wildman–Crippen LogP) is 3.02. The van der Waals surface area contributed by atoms with Gasteiger partial charge in [0.15, 0.2) is 5.96 Å². The van der Waals surface area contributed by atoms with E-state index in [0.29, 0.717) is 5.96 Å². The molecule has 2 aliphatic rings. The lowest BCUT2D eigenvalue weighted by Gasteiger charge is -2.46. The number of aliphatic imine (C=N–C) groups is 1. The zero-order chi connectivity index (χ0) is 15.0. The van der Waals surface area contributed by atoms with Gasteiger partial charge in [-0.1, -0.05) is 13.8 Å². The number of nitrogens with two attached hydrogens (primary N) is 1. The van der Waals surface area contributed by atoms with Gasteiger partial charge in [0.1, 0.15) is 5.75 Å². The zero-order valence-electron chi connectivity index (χ0n) is 13.2. The Hall–Kier alpha value is -1.71. The van der Waals surface area contributed by atoms with E-state index in [-0.39, 0.29) is 5.54 Å². The summed E-state index contributed by atoms with van der Waals surface area (Å²) in [6.45, 7) is 5.51. The van der Waals surface area contributed by atoms with Crippen LogP contribution < -0.4 is 15.4 Å². The molecule has 0 bridgehead atoms. The molecule has 3 rings (SSSR count). The molecule has 1 aromatic carbocycles. The minimum Gasteiger partial charge on any atom is -0.497 e. The van der Waals surface area contributed by atoms with Crippen LogP contribution in [0.25, 0.3) is 0 Å². The Balaban J connectivity index is 1.94. The average Bonchev–Trinajstić information content (AvgIpc) is 2.74. The third-order valence-corrected chi connectivity index (χ3v) is 4.83. The summed E-state index contributed by atoms with van der Waals surface area (Å²) in [5.41, 5.74) is 7.41. The number of rotatable bonds is 2. The molecule has 4 heteroatoms. The van der Waals surface area contributed by atoms with Crippen molar-refractivity contribution < 1.29 is 4.74 Å². The quantitative estimate of drug-likeness (QED) is 0.909. The highest BCUT2D eigenvalue weighted by Gasteiger charge is 2.47. The lowest BCUT2D eigenvalue weighted by molar-refractivity contribution is 0.197. The molecule has 21 heavy (non-hydrogen) atoms. The minimum atomic E-state index is 0.0652. The maximum atomic E-state index is 6.22. The predicted molar refractivity (Wildman–Crippen MR) is 86.9 cm³/mol. The van der Waals surface area contributed by atoms with Gasteiger partial charge in [-0.25, -0.2) is 0 Å². The Bertz CT molecular complexity index is 527. The van der Waals surface area contributed by atoms with E-state index < -0.39 is 0 Å². The van der Waals surface area contributed by atoms with Gasteiger partial charge in [-0.3, -0.25) is 4.99 Å². The van der Waals surface area contributed by atoms with Crippen LogP contribution >= 0.6 is 0 Å². The molecule has 2 unspecified atom stereocenters. The first-order chi connectivity index (χ1) is 10.0. The number of ether oxygens (including phenoxy) is 1. The topological polar surface area (TPSA) is 50.9 Å². The van der Waals surface area contributed by atoms with Gasteiger partial charge in [0, 0.05) is 5.69 Å². The SMILES string of the molecule is COc1ccc(N2C(N)=NCC23CC(C)CC(C)C3)cc1. The van der Waals surface area contributed by atoms with E-state index in [1.54, 1.807) is 7.11 Å². The zero-order valence-corrected chi connectivity index (χ0v) is 13.2. The van der Waals surface area contributed by atoms with E-state index in [0.717, 1.165) is 42.7 Å². The van der Waals surface area contributed by atoms with Crippen LogP contribution in [0, 0.1) is 11.8 Å². The molecule has 1 aromatic rings. The van der Waals surface area contributed by atoms with Crippen LogP contribution in [-0.4, -0.2) is 25.2 Å². The highest BCUT2D eigenvalue weighted by molar-refractivity contribution is 5.98. The Morgan fingerprint density at radius 2 is 1.81 bits per heavy atom. The summed E-state index contributed by atoms with van der Waals surface area (Å²) in [5, 5.41) is 0. The first-order valence-electron chi connectivity index (χ1n) is 7.78. The van der Waals surface area contributed by atoms with Gasteiger partial charge in [-0.2, -0.15) is 0 Å². The van der Waals surface area contributed by atoms with E-state index in [2.05, 4.69) is 35.9 Å². The van der Waals surface area contributed by atoms with Crippen LogP contribution in [0.1, 0.15) is 33.1 Å². The van der Waals surface area contributed by atoms with Crippen molar-refractivity contribution in [3.63, 3.8) is 0 Å². The average molecular weight is 287 g/mol. The van der Waals surface area contributed by atoms with Crippen LogP contribution in [0.2, 0.25) is 0 Å². The molecule has 1 aliphatic heterocycles. The highest BCUT2D eigenvalue weighted by Crippen LogP contribution is 2.44. The molecule has 0 amide bonds. The fraction of sp³-hybridized carbons (Fsp3) is 0.588. The largest absolute Gasteiger partial charge is 0.497 e. The van der Waals surface area contributed by atoms with Gasteiger partial charge in [0.05, 0.1) is 19.2 Å². The van der Waals surface area contributed by atoms with Gasteiger partial charge in [0.2, 0.25) is 0 Å².